The minimum Gasteiger partial charge on any atom is -0.362 e. The molecule has 0 saturated heterocycles. The van der Waals surface area contributed by atoms with Crippen LogP contribution in [0.25, 0.3) is 16.9 Å². The zero-order valence-corrected chi connectivity index (χ0v) is 16.2. The Morgan fingerprint density at radius 3 is 2.70 bits per heavy atom. The number of anilines is 1. The molecule has 3 heterocycles. The molecule has 2 aromatic heterocycles. The van der Waals surface area contributed by atoms with E-state index in [0.29, 0.717) is 18.7 Å². The Bertz CT molecular complexity index is 1140. The van der Waals surface area contributed by atoms with Gasteiger partial charge >= 0.3 is 0 Å². The number of nitrogens with two attached hydrogens (primary N) is 1. The minimum absolute atomic E-state index is 0.275. The van der Waals surface area contributed by atoms with Gasteiger partial charge in [-0.2, -0.15) is 27.3 Å². The normalized spacial score (nSPS) is 15.1. The highest BCUT2D eigenvalue weighted by atomic mass is 32.2. The van der Waals surface area contributed by atoms with Crippen LogP contribution in [0.5, 0.6) is 0 Å². The van der Waals surface area contributed by atoms with E-state index in [1.807, 2.05) is 38.1 Å². The summed E-state index contributed by atoms with van der Waals surface area (Å²) in [7, 11) is 0.183. The molecule has 0 atom stereocenters. The highest BCUT2D eigenvalue weighted by Gasteiger charge is 2.25. The van der Waals surface area contributed by atoms with Gasteiger partial charge in [0, 0.05) is 32.7 Å². The number of hydrogen-bond acceptors (Lipinski definition) is 6. The molecule has 4 rings (SSSR count). The van der Waals surface area contributed by atoms with Crippen molar-refractivity contribution in [3.8, 4) is 11.1 Å². The quantitative estimate of drug-likeness (QED) is 0.709. The summed E-state index contributed by atoms with van der Waals surface area (Å²) in [6.07, 6.45) is 2.13. The lowest BCUT2D eigenvalue weighted by Crippen LogP contribution is -2.40. The maximum atomic E-state index is 11.7. The molecule has 0 amide bonds. The van der Waals surface area contributed by atoms with Crippen LogP contribution in [-0.2, 0) is 23.2 Å². The zero-order valence-electron chi connectivity index (χ0n) is 15.4. The molecule has 1 aromatic carbocycles. The van der Waals surface area contributed by atoms with Gasteiger partial charge in [-0.3, -0.25) is 0 Å². The fourth-order valence-electron chi connectivity index (χ4n) is 3.59. The van der Waals surface area contributed by atoms with Gasteiger partial charge in [0.15, 0.2) is 0 Å². The highest BCUT2D eigenvalue weighted by Crippen LogP contribution is 2.34. The third-order valence-corrected chi connectivity index (χ3v) is 5.87. The van der Waals surface area contributed by atoms with Crippen molar-refractivity contribution < 1.29 is 8.42 Å². The second kappa shape index (κ2) is 6.25. The maximum Gasteiger partial charge on any atom is 0.277 e. The first-order chi connectivity index (χ1) is 12.8. The Morgan fingerprint density at radius 2 is 2.00 bits per heavy atom. The Labute approximate surface area is 157 Å². The lowest BCUT2D eigenvalue weighted by molar-refractivity contribution is 0.392. The van der Waals surface area contributed by atoms with Crippen molar-refractivity contribution in [2.24, 2.45) is 5.14 Å². The second-order valence-electron chi connectivity index (χ2n) is 6.87. The first-order valence-corrected chi connectivity index (χ1v) is 10.0. The molecular formula is C17H21N7O2S. The van der Waals surface area contributed by atoms with Gasteiger partial charge in [0.1, 0.15) is 12.1 Å². The third kappa shape index (κ3) is 3.05. The van der Waals surface area contributed by atoms with Gasteiger partial charge in [-0.05, 0) is 36.1 Å². The van der Waals surface area contributed by atoms with Crippen molar-refractivity contribution in [1.29, 1.82) is 0 Å². The van der Waals surface area contributed by atoms with E-state index in [1.54, 1.807) is 4.52 Å². The molecule has 0 unspecified atom stereocenters. The number of fused-ring (bicyclic) bond motifs is 2. The van der Waals surface area contributed by atoms with Crippen LogP contribution in [0.15, 0.2) is 24.5 Å². The summed E-state index contributed by atoms with van der Waals surface area (Å²) in [6.45, 7) is 2.62. The van der Waals surface area contributed by atoms with Crippen LogP contribution in [-0.4, -0.2) is 52.9 Å². The number of nitrogens with zero attached hydrogens (tertiary/aromatic N) is 6. The predicted molar refractivity (Wildman–Crippen MR) is 103 cm³/mol. The van der Waals surface area contributed by atoms with Gasteiger partial charge in [0.05, 0.1) is 5.69 Å². The van der Waals surface area contributed by atoms with Crippen LogP contribution in [0.2, 0.25) is 0 Å². The molecular weight excluding hydrogens is 366 g/mol. The van der Waals surface area contributed by atoms with Crippen molar-refractivity contribution in [3.05, 3.63) is 41.3 Å². The topological polar surface area (TPSA) is 110 Å². The first-order valence-electron chi connectivity index (χ1n) is 8.53. The molecule has 1 aliphatic heterocycles. The molecule has 27 heavy (non-hydrogen) atoms. The fraction of sp³-hybridized carbons (Fsp3) is 0.353. The molecule has 10 heteroatoms. The molecule has 9 nitrogen and oxygen atoms in total. The summed E-state index contributed by atoms with van der Waals surface area (Å²) in [5, 5.41) is 9.61. The number of aromatic nitrogens is 4. The van der Waals surface area contributed by atoms with Crippen LogP contribution < -0.4 is 10.0 Å². The summed E-state index contributed by atoms with van der Waals surface area (Å²) >= 11 is 0. The van der Waals surface area contributed by atoms with Gasteiger partial charge in [0.2, 0.25) is 0 Å². The zero-order chi connectivity index (χ0) is 19.3. The van der Waals surface area contributed by atoms with Crippen LogP contribution in [0, 0.1) is 6.92 Å². The van der Waals surface area contributed by atoms with E-state index in [-0.39, 0.29) is 6.54 Å². The standard InChI is InChI=1S/C17H21N7O2S/c1-11-15(16(22(2)3)24-17(21-11)19-10-20-24)13-5-4-12-6-7-23(27(18,25)26)9-14(12)8-13/h4-5,8,10H,6-7,9H2,1-3H3,(H2,18,25,26). The largest absolute Gasteiger partial charge is 0.362 e. The monoisotopic (exact) mass is 387 g/mol. The average Bonchev–Trinajstić information content (AvgIpc) is 3.06. The van der Waals surface area contributed by atoms with E-state index in [0.717, 1.165) is 33.8 Å². The lowest BCUT2D eigenvalue weighted by atomic mass is 9.95. The molecule has 3 aromatic rings. The van der Waals surface area contributed by atoms with Crippen molar-refractivity contribution in [1.82, 2.24) is 23.9 Å². The lowest BCUT2D eigenvalue weighted by Gasteiger charge is -2.27. The first kappa shape index (κ1) is 17.8. The van der Waals surface area contributed by atoms with E-state index in [2.05, 4.69) is 21.1 Å². The molecule has 0 fully saturated rings. The molecule has 1 aliphatic rings. The van der Waals surface area contributed by atoms with Gasteiger partial charge in [-0.25, -0.2) is 10.1 Å². The smallest absolute Gasteiger partial charge is 0.277 e. The Morgan fingerprint density at radius 1 is 1.22 bits per heavy atom. The summed E-state index contributed by atoms with van der Waals surface area (Å²) in [5.41, 5.74) is 4.82. The van der Waals surface area contributed by atoms with Gasteiger partial charge in [0.25, 0.3) is 16.0 Å². The molecule has 0 aliphatic carbocycles. The van der Waals surface area contributed by atoms with Crippen LogP contribution in [0.1, 0.15) is 16.8 Å². The van der Waals surface area contributed by atoms with E-state index >= 15 is 0 Å². The van der Waals surface area contributed by atoms with E-state index in [9.17, 15) is 8.42 Å². The SMILES string of the molecule is Cc1nc2ncnn2c(N(C)C)c1-c1ccc2c(c1)CN(S(N)(=O)=O)CC2. The fourth-order valence-corrected chi connectivity index (χ4v) is 4.25. The predicted octanol–water partition coefficient (Wildman–Crippen LogP) is 0.727. The Hall–Kier alpha value is -2.56. The molecule has 0 saturated carbocycles. The number of rotatable bonds is 3. The maximum absolute atomic E-state index is 11.7. The second-order valence-corrected chi connectivity index (χ2v) is 8.42. The van der Waals surface area contributed by atoms with Gasteiger partial charge in [-0.1, -0.05) is 12.1 Å². The molecule has 2 N–H and O–H groups in total. The van der Waals surface area contributed by atoms with Gasteiger partial charge in [-0.15, -0.1) is 0 Å². The highest BCUT2D eigenvalue weighted by molar-refractivity contribution is 7.86. The molecule has 0 bridgehead atoms. The van der Waals surface area contributed by atoms with Crippen molar-refractivity contribution in [3.63, 3.8) is 0 Å². The minimum atomic E-state index is -3.71. The Balaban J connectivity index is 1.88. The summed E-state index contributed by atoms with van der Waals surface area (Å²) < 4.78 is 26.5. The summed E-state index contributed by atoms with van der Waals surface area (Å²) in [5.74, 6) is 1.41. The Kier molecular flexibility index (Phi) is 4.13. The van der Waals surface area contributed by atoms with Crippen LogP contribution in [0.4, 0.5) is 5.82 Å². The molecule has 142 valence electrons. The average molecular weight is 387 g/mol. The van der Waals surface area contributed by atoms with Crippen molar-refractivity contribution in [2.45, 2.75) is 19.9 Å². The van der Waals surface area contributed by atoms with Crippen molar-refractivity contribution in [2.75, 3.05) is 25.5 Å². The summed E-state index contributed by atoms with van der Waals surface area (Å²) in [6, 6.07) is 6.12. The third-order valence-electron chi connectivity index (χ3n) is 4.84. The van der Waals surface area contributed by atoms with Crippen LogP contribution in [0.3, 0.4) is 0 Å². The van der Waals surface area contributed by atoms with E-state index < -0.39 is 10.2 Å². The summed E-state index contributed by atoms with van der Waals surface area (Å²) in [4.78, 5) is 10.7. The number of hydrogen-bond donors (Lipinski definition) is 1. The number of aryl methyl sites for hydroxylation is 1. The van der Waals surface area contributed by atoms with E-state index in [1.165, 1.54) is 10.6 Å². The van der Waals surface area contributed by atoms with E-state index in [4.69, 9.17) is 5.14 Å². The molecule has 0 radical (unpaired) electrons. The molecule has 0 spiro atoms. The van der Waals surface area contributed by atoms with Gasteiger partial charge < -0.3 is 4.90 Å². The van der Waals surface area contributed by atoms with Crippen LogP contribution >= 0.6 is 0 Å². The number of benzene rings is 1. The van der Waals surface area contributed by atoms with Crippen molar-refractivity contribution >= 4 is 21.8 Å².